The Balaban J connectivity index is 0.00000106. The molecule has 0 aliphatic rings. The monoisotopic (exact) mass is 223 g/mol. The van der Waals surface area contributed by atoms with E-state index in [0.717, 1.165) is 5.75 Å². The lowest BCUT2D eigenvalue weighted by atomic mass is 9.98. The van der Waals surface area contributed by atoms with Gasteiger partial charge < -0.3 is 10.5 Å². The van der Waals surface area contributed by atoms with E-state index in [0.29, 0.717) is 19.1 Å². The second kappa shape index (κ2) is 8.17. The summed E-state index contributed by atoms with van der Waals surface area (Å²) in [6, 6.07) is 6.20. The van der Waals surface area contributed by atoms with Gasteiger partial charge in [0.1, 0.15) is 12.4 Å². The summed E-state index contributed by atoms with van der Waals surface area (Å²) in [6.07, 6.45) is 0. The number of benzene rings is 1. The molecule has 0 aliphatic heterocycles. The van der Waals surface area contributed by atoms with Crippen LogP contribution >= 0.6 is 0 Å². The van der Waals surface area contributed by atoms with Crippen molar-refractivity contribution < 1.29 is 4.74 Å². The van der Waals surface area contributed by atoms with Crippen LogP contribution in [-0.2, 0) is 0 Å². The average Bonchev–Trinajstić information content (AvgIpc) is 2.30. The van der Waals surface area contributed by atoms with Gasteiger partial charge >= 0.3 is 0 Å². The lowest BCUT2D eigenvalue weighted by Crippen LogP contribution is -2.10. The Labute approximate surface area is 99.8 Å². The molecule has 0 spiro atoms. The van der Waals surface area contributed by atoms with Gasteiger partial charge in [0, 0.05) is 6.54 Å². The highest BCUT2D eigenvalue weighted by atomic mass is 16.5. The fourth-order valence-electron chi connectivity index (χ4n) is 1.51. The number of rotatable bonds is 4. The molecule has 0 heterocycles. The molecule has 1 rings (SSSR count). The minimum atomic E-state index is 0.538. The first-order valence-electron chi connectivity index (χ1n) is 6.08. The van der Waals surface area contributed by atoms with E-state index in [1.807, 2.05) is 19.9 Å². The summed E-state index contributed by atoms with van der Waals surface area (Å²) in [7, 11) is 0. The number of hydrogen-bond donors (Lipinski definition) is 1. The molecule has 0 aliphatic carbocycles. The third-order valence-corrected chi connectivity index (χ3v) is 2.26. The number of ether oxygens (including phenoxy) is 1. The van der Waals surface area contributed by atoms with Crippen LogP contribution in [0.2, 0.25) is 0 Å². The quantitative estimate of drug-likeness (QED) is 0.848. The van der Waals surface area contributed by atoms with E-state index in [1.165, 1.54) is 11.1 Å². The van der Waals surface area contributed by atoms with Gasteiger partial charge in [-0.25, -0.2) is 0 Å². The summed E-state index contributed by atoms with van der Waals surface area (Å²) in [5.74, 6) is 1.46. The standard InChI is InChI=1S/C12H19NO.C2H6/c1-9(2)12-8-11(14-7-6-13)5-4-10(12)3;1-2/h4-5,8-9H,6-7,13H2,1-3H3;1-2H3. The molecular weight excluding hydrogens is 198 g/mol. The molecule has 0 atom stereocenters. The van der Waals surface area contributed by atoms with E-state index in [9.17, 15) is 0 Å². The molecule has 2 N–H and O–H groups in total. The molecule has 0 amide bonds. The van der Waals surface area contributed by atoms with Crippen molar-refractivity contribution in [2.75, 3.05) is 13.2 Å². The van der Waals surface area contributed by atoms with Gasteiger partial charge in [0.15, 0.2) is 0 Å². The third kappa shape index (κ3) is 4.67. The summed E-state index contributed by atoms with van der Waals surface area (Å²) < 4.78 is 5.48. The summed E-state index contributed by atoms with van der Waals surface area (Å²) >= 11 is 0. The molecule has 0 bridgehead atoms. The van der Waals surface area contributed by atoms with Gasteiger partial charge in [0.2, 0.25) is 0 Å². The van der Waals surface area contributed by atoms with E-state index in [1.54, 1.807) is 0 Å². The van der Waals surface area contributed by atoms with Crippen molar-refractivity contribution in [3.05, 3.63) is 29.3 Å². The van der Waals surface area contributed by atoms with Gasteiger partial charge in [-0.2, -0.15) is 0 Å². The predicted molar refractivity (Wildman–Crippen MR) is 71.2 cm³/mol. The smallest absolute Gasteiger partial charge is 0.119 e. The minimum absolute atomic E-state index is 0.538. The van der Waals surface area contributed by atoms with Crippen LogP contribution in [0.15, 0.2) is 18.2 Å². The molecule has 0 saturated heterocycles. The van der Waals surface area contributed by atoms with Crippen molar-refractivity contribution in [2.24, 2.45) is 5.73 Å². The fourth-order valence-corrected chi connectivity index (χ4v) is 1.51. The van der Waals surface area contributed by atoms with Crippen molar-refractivity contribution in [1.82, 2.24) is 0 Å². The highest BCUT2D eigenvalue weighted by molar-refractivity contribution is 5.36. The van der Waals surface area contributed by atoms with Gasteiger partial charge in [-0.05, 0) is 36.1 Å². The van der Waals surface area contributed by atoms with Crippen LogP contribution in [0.3, 0.4) is 0 Å². The Morgan fingerprint density at radius 1 is 1.25 bits per heavy atom. The predicted octanol–water partition coefficient (Wildman–Crippen LogP) is 3.48. The number of aryl methyl sites for hydroxylation is 1. The maximum absolute atomic E-state index is 5.48. The molecule has 2 nitrogen and oxygen atoms in total. The fraction of sp³-hybridized carbons (Fsp3) is 0.571. The Morgan fingerprint density at radius 3 is 2.38 bits per heavy atom. The summed E-state index contributed by atoms with van der Waals surface area (Å²) in [4.78, 5) is 0. The highest BCUT2D eigenvalue weighted by Gasteiger charge is 2.04. The third-order valence-electron chi connectivity index (χ3n) is 2.26. The Kier molecular flexibility index (Phi) is 7.65. The van der Waals surface area contributed by atoms with Crippen LogP contribution in [0, 0.1) is 6.92 Å². The van der Waals surface area contributed by atoms with Crippen molar-refractivity contribution in [3.63, 3.8) is 0 Å². The van der Waals surface area contributed by atoms with Gasteiger partial charge in [0.25, 0.3) is 0 Å². The second-order valence-electron chi connectivity index (χ2n) is 3.81. The lowest BCUT2D eigenvalue weighted by Gasteiger charge is -2.12. The van der Waals surface area contributed by atoms with Crippen molar-refractivity contribution in [2.45, 2.75) is 40.5 Å². The summed E-state index contributed by atoms with van der Waals surface area (Å²) in [5.41, 5.74) is 8.05. The maximum Gasteiger partial charge on any atom is 0.119 e. The van der Waals surface area contributed by atoms with E-state index < -0.39 is 0 Å². The van der Waals surface area contributed by atoms with Crippen LogP contribution in [-0.4, -0.2) is 13.2 Å². The molecule has 0 saturated carbocycles. The molecule has 16 heavy (non-hydrogen) atoms. The SMILES string of the molecule is CC.Cc1ccc(OCCN)cc1C(C)C. The van der Waals surface area contributed by atoms with E-state index in [2.05, 4.69) is 32.9 Å². The largest absolute Gasteiger partial charge is 0.492 e. The number of nitrogens with two attached hydrogens (primary N) is 1. The van der Waals surface area contributed by atoms with Crippen molar-refractivity contribution in [1.29, 1.82) is 0 Å². The average molecular weight is 223 g/mol. The first kappa shape index (κ1) is 15.0. The summed E-state index contributed by atoms with van der Waals surface area (Å²) in [5, 5.41) is 0. The van der Waals surface area contributed by atoms with Crippen LogP contribution in [0.4, 0.5) is 0 Å². The molecule has 2 heteroatoms. The van der Waals surface area contributed by atoms with Crippen molar-refractivity contribution >= 4 is 0 Å². The second-order valence-corrected chi connectivity index (χ2v) is 3.81. The maximum atomic E-state index is 5.48. The molecule has 0 aromatic heterocycles. The van der Waals surface area contributed by atoms with E-state index in [-0.39, 0.29) is 0 Å². The van der Waals surface area contributed by atoms with Gasteiger partial charge in [-0.3, -0.25) is 0 Å². The lowest BCUT2D eigenvalue weighted by molar-refractivity contribution is 0.328. The Bertz CT molecular complexity index is 295. The molecule has 0 radical (unpaired) electrons. The Morgan fingerprint density at radius 2 is 1.88 bits per heavy atom. The first-order chi connectivity index (χ1) is 7.65. The van der Waals surface area contributed by atoms with Crippen LogP contribution in [0.25, 0.3) is 0 Å². The molecular formula is C14H25NO. The highest BCUT2D eigenvalue weighted by Crippen LogP contribution is 2.23. The van der Waals surface area contributed by atoms with Gasteiger partial charge in [0.05, 0.1) is 0 Å². The van der Waals surface area contributed by atoms with Gasteiger partial charge in [-0.1, -0.05) is 33.8 Å². The van der Waals surface area contributed by atoms with E-state index >= 15 is 0 Å². The molecule has 0 fully saturated rings. The molecule has 1 aromatic rings. The zero-order chi connectivity index (χ0) is 12.6. The topological polar surface area (TPSA) is 35.2 Å². The van der Waals surface area contributed by atoms with Crippen LogP contribution < -0.4 is 10.5 Å². The molecule has 0 unspecified atom stereocenters. The summed E-state index contributed by atoms with van der Waals surface area (Å²) in [6.45, 7) is 11.7. The Hall–Kier alpha value is -1.02. The minimum Gasteiger partial charge on any atom is -0.492 e. The number of hydrogen-bond acceptors (Lipinski definition) is 2. The normalized spacial score (nSPS) is 9.69. The van der Waals surface area contributed by atoms with Crippen LogP contribution in [0.1, 0.15) is 44.7 Å². The van der Waals surface area contributed by atoms with Crippen LogP contribution in [0.5, 0.6) is 5.75 Å². The molecule has 1 aromatic carbocycles. The van der Waals surface area contributed by atoms with E-state index in [4.69, 9.17) is 10.5 Å². The zero-order valence-corrected chi connectivity index (χ0v) is 11.2. The zero-order valence-electron chi connectivity index (χ0n) is 11.2. The first-order valence-corrected chi connectivity index (χ1v) is 6.08. The molecule has 92 valence electrons. The van der Waals surface area contributed by atoms with Crippen molar-refractivity contribution in [3.8, 4) is 5.75 Å². The van der Waals surface area contributed by atoms with Gasteiger partial charge in [-0.15, -0.1) is 0 Å².